The van der Waals surface area contributed by atoms with E-state index in [-0.39, 0.29) is 18.3 Å². The van der Waals surface area contributed by atoms with Gasteiger partial charge in [0, 0.05) is 18.5 Å². The van der Waals surface area contributed by atoms with Crippen molar-refractivity contribution in [3.8, 4) is 5.75 Å². The molecule has 1 aromatic carbocycles. The lowest BCUT2D eigenvalue weighted by Crippen LogP contribution is -2.25. The van der Waals surface area contributed by atoms with Gasteiger partial charge in [0.15, 0.2) is 0 Å². The summed E-state index contributed by atoms with van der Waals surface area (Å²) in [5.74, 6) is 0.693. The van der Waals surface area contributed by atoms with Gasteiger partial charge in [-0.25, -0.2) is 0 Å². The van der Waals surface area contributed by atoms with Gasteiger partial charge in [-0.15, -0.1) is 12.4 Å². The van der Waals surface area contributed by atoms with Crippen molar-refractivity contribution in [2.45, 2.75) is 6.92 Å². The van der Waals surface area contributed by atoms with Crippen LogP contribution in [0, 0.1) is 0 Å². The van der Waals surface area contributed by atoms with Crippen molar-refractivity contribution in [1.82, 2.24) is 10.3 Å². The van der Waals surface area contributed by atoms with E-state index in [1.807, 2.05) is 30.3 Å². The minimum atomic E-state index is -0.0513. The number of hydrogen-bond acceptors (Lipinski definition) is 3. The molecule has 2 rings (SSSR count). The van der Waals surface area contributed by atoms with E-state index >= 15 is 0 Å². The normalized spacial score (nSPS) is 9.61. The molecule has 1 amide bonds. The molecule has 0 saturated heterocycles. The van der Waals surface area contributed by atoms with Gasteiger partial charge in [-0.1, -0.05) is 18.2 Å². The van der Waals surface area contributed by atoms with E-state index in [2.05, 4.69) is 10.3 Å². The minimum absolute atomic E-state index is 0. The molecule has 5 heteroatoms. The Morgan fingerprint density at radius 2 is 2.11 bits per heavy atom. The van der Waals surface area contributed by atoms with Crippen molar-refractivity contribution in [2.24, 2.45) is 0 Å². The fourth-order valence-corrected chi connectivity index (χ4v) is 1.58. The molecule has 1 heterocycles. The molecule has 4 nitrogen and oxygen atoms in total. The molecule has 0 atom stereocenters. The molecule has 96 valence electrons. The van der Waals surface area contributed by atoms with E-state index in [1.54, 1.807) is 6.20 Å². The molecule has 1 aromatic heterocycles. The molecule has 1 N–H and O–H groups in total. The number of carbonyl (C=O) groups excluding carboxylic acids is 1. The van der Waals surface area contributed by atoms with Crippen molar-refractivity contribution in [1.29, 1.82) is 0 Å². The van der Waals surface area contributed by atoms with Gasteiger partial charge in [0.05, 0.1) is 6.54 Å². The number of ether oxygens (including phenoxy) is 1. The fourth-order valence-electron chi connectivity index (χ4n) is 1.58. The number of fused-ring (bicyclic) bond motifs is 1. The number of carbonyl (C=O) groups is 1. The van der Waals surface area contributed by atoms with Crippen LogP contribution in [0.25, 0.3) is 10.9 Å². The summed E-state index contributed by atoms with van der Waals surface area (Å²) >= 11 is 0. The fraction of sp³-hybridized carbons (Fsp3) is 0.231. The van der Waals surface area contributed by atoms with Crippen LogP contribution in [-0.2, 0) is 4.79 Å². The number of hydrogen-bond donors (Lipinski definition) is 1. The zero-order valence-electron chi connectivity index (χ0n) is 10.1. The Morgan fingerprint density at radius 3 is 2.89 bits per heavy atom. The Labute approximate surface area is 112 Å². The first kappa shape index (κ1) is 14.3. The largest absolute Gasteiger partial charge is 0.489 e. The van der Waals surface area contributed by atoms with Crippen LogP contribution in [0.3, 0.4) is 0 Å². The van der Waals surface area contributed by atoms with Crippen LogP contribution < -0.4 is 10.1 Å². The smallest absolute Gasteiger partial charge is 0.216 e. The summed E-state index contributed by atoms with van der Waals surface area (Å²) in [5.41, 5.74) is 0.845. The summed E-state index contributed by atoms with van der Waals surface area (Å²) in [5, 5.41) is 3.73. The standard InChI is InChI=1S/C13H14N2O2.ClH/c1-10(16)14-8-9-17-12-6-2-4-11-5-3-7-15-13(11)12;/h2-7H,8-9H2,1H3,(H,14,16);1H. The lowest BCUT2D eigenvalue weighted by atomic mass is 10.2. The topological polar surface area (TPSA) is 51.2 Å². The number of pyridine rings is 1. The highest BCUT2D eigenvalue weighted by atomic mass is 35.5. The third-order valence-electron chi connectivity index (χ3n) is 2.33. The first-order chi connectivity index (χ1) is 8.27. The number of nitrogens with one attached hydrogen (secondary N) is 1. The SMILES string of the molecule is CC(=O)NCCOc1cccc2cccnc12.Cl. The average Bonchev–Trinajstić information content (AvgIpc) is 2.34. The highest BCUT2D eigenvalue weighted by Gasteiger charge is 2.02. The minimum Gasteiger partial charge on any atom is -0.489 e. The predicted molar refractivity (Wildman–Crippen MR) is 73.2 cm³/mol. The van der Waals surface area contributed by atoms with E-state index in [1.165, 1.54) is 6.92 Å². The number of para-hydroxylation sites is 1. The molecule has 0 fully saturated rings. The van der Waals surface area contributed by atoms with Crippen LogP contribution in [0.1, 0.15) is 6.92 Å². The number of rotatable bonds is 4. The van der Waals surface area contributed by atoms with Gasteiger partial charge in [-0.05, 0) is 12.1 Å². The molecular formula is C13H15ClN2O2. The summed E-state index contributed by atoms with van der Waals surface area (Å²) in [6, 6.07) is 9.68. The van der Waals surface area contributed by atoms with E-state index in [0.717, 1.165) is 16.7 Å². The number of nitrogens with zero attached hydrogens (tertiary/aromatic N) is 1. The van der Waals surface area contributed by atoms with Crippen LogP contribution in [0.15, 0.2) is 36.5 Å². The van der Waals surface area contributed by atoms with E-state index in [9.17, 15) is 4.79 Å². The highest BCUT2D eigenvalue weighted by molar-refractivity contribution is 5.85. The Hall–Kier alpha value is -1.81. The van der Waals surface area contributed by atoms with Crippen molar-refractivity contribution in [3.63, 3.8) is 0 Å². The second kappa shape index (κ2) is 6.81. The Balaban J connectivity index is 0.00000162. The van der Waals surface area contributed by atoms with Crippen molar-refractivity contribution >= 4 is 29.2 Å². The van der Waals surface area contributed by atoms with Crippen molar-refractivity contribution < 1.29 is 9.53 Å². The molecule has 0 saturated carbocycles. The van der Waals surface area contributed by atoms with Crippen molar-refractivity contribution in [3.05, 3.63) is 36.5 Å². The van der Waals surface area contributed by atoms with Crippen molar-refractivity contribution in [2.75, 3.05) is 13.2 Å². The highest BCUT2D eigenvalue weighted by Crippen LogP contribution is 2.22. The van der Waals surface area contributed by atoms with Gasteiger partial charge in [-0.2, -0.15) is 0 Å². The summed E-state index contributed by atoms with van der Waals surface area (Å²) < 4.78 is 5.59. The monoisotopic (exact) mass is 266 g/mol. The van der Waals surface area contributed by atoms with Gasteiger partial charge in [0.2, 0.25) is 5.91 Å². The second-order valence-electron chi connectivity index (χ2n) is 3.66. The molecule has 18 heavy (non-hydrogen) atoms. The number of halogens is 1. The Bertz CT molecular complexity index is 526. The van der Waals surface area contributed by atoms with Crippen LogP contribution in [-0.4, -0.2) is 24.0 Å². The van der Waals surface area contributed by atoms with E-state index in [0.29, 0.717) is 13.2 Å². The quantitative estimate of drug-likeness (QED) is 0.863. The lowest BCUT2D eigenvalue weighted by Gasteiger charge is -2.08. The maximum Gasteiger partial charge on any atom is 0.216 e. The van der Waals surface area contributed by atoms with Crippen LogP contribution in [0.5, 0.6) is 5.75 Å². The molecule has 2 aromatic rings. The zero-order chi connectivity index (χ0) is 12.1. The van der Waals surface area contributed by atoms with Gasteiger partial charge in [0.25, 0.3) is 0 Å². The molecule has 0 aliphatic carbocycles. The third kappa shape index (κ3) is 3.60. The van der Waals surface area contributed by atoms with Gasteiger partial charge >= 0.3 is 0 Å². The number of benzene rings is 1. The average molecular weight is 267 g/mol. The summed E-state index contributed by atoms with van der Waals surface area (Å²) in [4.78, 5) is 15.0. The molecule has 0 spiro atoms. The summed E-state index contributed by atoms with van der Waals surface area (Å²) in [6.45, 7) is 2.42. The molecule has 0 bridgehead atoms. The molecule has 0 unspecified atom stereocenters. The number of aromatic nitrogens is 1. The molecule has 0 aliphatic heterocycles. The Kier molecular flexibility index (Phi) is 5.39. The Morgan fingerprint density at radius 1 is 1.33 bits per heavy atom. The van der Waals surface area contributed by atoms with E-state index in [4.69, 9.17) is 4.74 Å². The first-order valence-corrected chi connectivity index (χ1v) is 5.48. The lowest BCUT2D eigenvalue weighted by molar-refractivity contribution is -0.119. The third-order valence-corrected chi connectivity index (χ3v) is 2.33. The maximum atomic E-state index is 10.7. The maximum absolute atomic E-state index is 10.7. The second-order valence-corrected chi connectivity index (χ2v) is 3.66. The molecule has 0 aliphatic rings. The van der Waals surface area contributed by atoms with Crippen LogP contribution >= 0.6 is 12.4 Å². The van der Waals surface area contributed by atoms with Gasteiger partial charge in [-0.3, -0.25) is 9.78 Å². The van der Waals surface area contributed by atoms with E-state index < -0.39 is 0 Å². The zero-order valence-corrected chi connectivity index (χ0v) is 10.9. The summed E-state index contributed by atoms with van der Waals surface area (Å²) in [6.07, 6.45) is 1.74. The van der Waals surface area contributed by atoms with Gasteiger partial charge < -0.3 is 10.1 Å². The predicted octanol–water partition coefficient (Wildman–Crippen LogP) is 2.17. The molecular weight excluding hydrogens is 252 g/mol. The summed E-state index contributed by atoms with van der Waals surface area (Å²) in [7, 11) is 0. The first-order valence-electron chi connectivity index (χ1n) is 5.48. The number of amides is 1. The van der Waals surface area contributed by atoms with Crippen LogP contribution in [0.4, 0.5) is 0 Å². The molecule has 0 radical (unpaired) electrons. The van der Waals surface area contributed by atoms with Crippen LogP contribution in [0.2, 0.25) is 0 Å². The van der Waals surface area contributed by atoms with Gasteiger partial charge in [0.1, 0.15) is 17.9 Å².